The number of aromatic nitrogens is 1. The number of hydrogen-bond acceptors (Lipinski definition) is 6. The lowest BCUT2D eigenvalue weighted by atomic mass is 10.2. The number of nitrogen functional groups attached to an aromatic ring is 1. The molecule has 0 radical (unpaired) electrons. The van der Waals surface area contributed by atoms with Gasteiger partial charge in [0.05, 0.1) is 16.6 Å². The topological polar surface area (TPSA) is 115 Å². The van der Waals surface area contributed by atoms with Gasteiger partial charge in [-0.25, -0.2) is 0 Å². The van der Waals surface area contributed by atoms with Gasteiger partial charge in [0.2, 0.25) is 11.6 Å². The third-order valence-electron chi connectivity index (χ3n) is 2.24. The first-order valence-corrected chi connectivity index (χ1v) is 5.19. The summed E-state index contributed by atoms with van der Waals surface area (Å²) in [5.74, 6) is 0.392. The van der Waals surface area contributed by atoms with Gasteiger partial charge in [0.15, 0.2) is 0 Å². The Morgan fingerprint density at radius 3 is 2.79 bits per heavy atom. The van der Waals surface area contributed by atoms with Gasteiger partial charge < -0.3 is 10.5 Å². The number of nitriles is 1. The molecule has 0 aliphatic carbocycles. The Kier molecular flexibility index (Phi) is 3.25. The molecule has 0 aliphatic rings. The van der Waals surface area contributed by atoms with Crippen molar-refractivity contribution in [2.75, 3.05) is 5.73 Å². The van der Waals surface area contributed by atoms with Crippen molar-refractivity contribution < 1.29 is 9.66 Å². The molecule has 1 aromatic carbocycles. The quantitative estimate of drug-likeness (QED) is 0.665. The number of nitro benzene ring substituents is 1. The molecule has 19 heavy (non-hydrogen) atoms. The van der Waals surface area contributed by atoms with Crippen LogP contribution in [0.15, 0.2) is 36.4 Å². The summed E-state index contributed by atoms with van der Waals surface area (Å²) >= 11 is 0. The van der Waals surface area contributed by atoms with Crippen LogP contribution in [0.5, 0.6) is 11.6 Å². The van der Waals surface area contributed by atoms with Gasteiger partial charge in [-0.15, -0.1) is 0 Å². The van der Waals surface area contributed by atoms with E-state index in [0.717, 1.165) is 6.07 Å². The molecule has 7 heteroatoms. The largest absolute Gasteiger partial charge is 0.432 e. The Morgan fingerprint density at radius 2 is 2.16 bits per heavy atom. The Hall–Kier alpha value is -3.14. The lowest BCUT2D eigenvalue weighted by molar-refractivity contribution is -0.385. The molecule has 0 amide bonds. The summed E-state index contributed by atoms with van der Waals surface area (Å²) in [6.07, 6.45) is 0. The number of anilines is 1. The lowest BCUT2D eigenvalue weighted by Crippen LogP contribution is -1.97. The highest BCUT2D eigenvalue weighted by Gasteiger charge is 2.17. The molecule has 0 unspecified atom stereocenters. The zero-order chi connectivity index (χ0) is 13.8. The van der Waals surface area contributed by atoms with Gasteiger partial charge in [0.1, 0.15) is 5.82 Å². The molecule has 7 nitrogen and oxygen atoms in total. The van der Waals surface area contributed by atoms with Crippen LogP contribution in [0.2, 0.25) is 0 Å². The van der Waals surface area contributed by atoms with Gasteiger partial charge in [0.25, 0.3) is 0 Å². The highest BCUT2D eigenvalue weighted by molar-refractivity contribution is 5.53. The summed E-state index contributed by atoms with van der Waals surface area (Å²) in [4.78, 5) is 14.2. The minimum atomic E-state index is -0.623. The standard InChI is InChI=1S/C12H8N4O3/c13-7-8-4-5-10(9(6-8)16(17)18)19-12-3-1-2-11(14)15-12/h1-6H,(H2,14,15). The van der Waals surface area contributed by atoms with Crippen LogP contribution >= 0.6 is 0 Å². The second kappa shape index (κ2) is 5.01. The first-order chi connectivity index (χ1) is 9.10. The lowest BCUT2D eigenvalue weighted by Gasteiger charge is -2.05. The van der Waals surface area contributed by atoms with Gasteiger partial charge in [-0.3, -0.25) is 10.1 Å². The summed E-state index contributed by atoms with van der Waals surface area (Å²) in [5, 5.41) is 19.6. The molecular weight excluding hydrogens is 248 g/mol. The highest BCUT2D eigenvalue weighted by atomic mass is 16.6. The number of nitrogens with two attached hydrogens (primary N) is 1. The molecule has 94 valence electrons. The molecule has 0 saturated carbocycles. The number of benzene rings is 1. The maximum atomic E-state index is 10.9. The van der Waals surface area contributed by atoms with Crippen LogP contribution in [0, 0.1) is 21.4 Å². The zero-order valence-electron chi connectivity index (χ0n) is 9.61. The van der Waals surface area contributed by atoms with E-state index < -0.39 is 4.92 Å². The molecule has 0 spiro atoms. The van der Waals surface area contributed by atoms with Gasteiger partial charge in [0, 0.05) is 12.1 Å². The molecule has 0 bridgehead atoms. The van der Waals surface area contributed by atoms with Crippen LogP contribution in [0.4, 0.5) is 11.5 Å². The van der Waals surface area contributed by atoms with Crippen LogP contribution in [-0.4, -0.2) is 9.91 Å². The summed E-state index contributed by atoms with van der Waals surface area (Å²) in [5.41, 5.74) is 5.37. The fourth-order valence-corrected chi connectivity index (χ4v) is 1.42. The molecule has 1 heterocycles. The maximum Gasteiger partial charge on any atom is 0.312 e. The van der Waals surface area contributed by atoms with Crippen LogP contribution in [-0.2, 0) is 0 Å². The van der Waals surface area contributed by atoms with E-state index in [1.807, 2.05) is 6.07 Å². The van der Waals surface area contributed by atoms with Crippen molar-refractivity contribution in [1.29, 1.82) is 5.26 Å². The number of nitrogens with zero attached hydrogens (tertiary/aromatic N) is 3. The minimum Gasteiger partial charge on any atom is -0.432 e. The summed E-state index contributed by atoms with van der Waals surface area (Å²) < 4.78 is 5.31. The van der Waals surface area contributed by atoms with E-state index in [2.05, 4.69) is 4.98 Å². The van der Waals surface area contributed by atoms with E-state index in [4.69, 9.17) is 15.7 Å². The van der Waals surface area contributed by atoms with E-state index in [0.29, 0.717) is 0 Å². The van der Waals surface area contributed by atoms with Crippen LogP contribution in [0.3, 0.4) is 0 Å². The molecular formula is C12H8N4O3. The van der Waals surface area contributed by atoms with E-state index in [9.17, 15) is 10.1 Å². The Bertz CT molecular complexity index is 679. The van der Waals surface area contributed by atoms with Crippen LogP contribution in [0.25, 0.3) is 0 Å². The normalized spacial score (nSPS) is 9.63. The van der Waals surface area contributed by atoms with Crippen molar-refractivity contribution in [2.24, 2.45) is 0 Å². The Morgan fingerprint density at radius 1 is 1.37 bits per heavy atom. The number of hydrogen-bond donors (Lipinski definition) is 1. The van der Waals surface area contributed by atoms with Crippen molar-refractivity contribution in [3.63, 3.8) is 0 Å². The van der Waals surface area contributed by atoms with Crippen LogP contribution in [0.1, 0.15) is 5.56 Å². The fourth-order valence-electron chi connectivity index (χ4n) is 1.42. The summed E-state index contributed by atoms with van der Waals surface area (Å²) in [7, 11) is 0. The van der Waals surface area contributed by atoms with E-state index in [1.165, 1.54) is 18.2 Å². The van der Waals surface area contributed by atoms with Gasteiger partial charge in [-0.05, 0) is 18.2 Å². The minimum absolute atomic E-state index is 0.00194. The monoisotopic (exact) mass is 256 g/mol. The average Bonchev–Trinajstić information content (AvgIpc) is 2.39. The highest BCUT2D eigenvalue weighted by Crippen LogP contribution is 2.31. The predicted octanol–water partition coefficient (Wildman–Crippen LogP) is 2.24. The van der Waals surface area contributed by atoms with Crippen molar-refractivity contribution in [3.8, 4) is 17.7 Å². The molecule has 0 atom stereocenters. The van der Waals surface area contributed by atoms with E-state index in [1.54, 1.807) is 12.1 Å². The van der Waals surface area contributed by atoms with Gasteiger partial charge >= 0.3 is 5.69 Å². The van der Waals surface area contributed by atoms with Crippen LogP contribution < -0.4 is 10.5 Å². The van der Waals surface area contributed by atoms with Crippen molar-refractivity contribution in [2.45, 2.75) is 0 Å². The van der Waals surface area contributed by atoms with Crippen molar-refractivity contribution >= 4 is 11.5 Å². The number of rotatable bonds is 3. The SMILES string of the molecule is N#Cc1ccc(Oc2cccc(N)n2)c([N+](=O)[O-])c1. The average molecular weight is 256 g/mol. The predicted molar refractivity (Wildman–Crippen MR) is 66.5 cm³/mol. The summed E-state index contributed by atoms with van der Waals surface area (Å²) in [6, 6.07) is 10.5. The molecule has 0 saturated heterocycles. The summed E-state index contributed by atoms with van der Waals surface area (Å²) in [6.45, 7) is 0. The Balaban J connectivity index is 2.40. The number of pyridine rings is 1. The van der Waals surface area contributed by atoms with Crippen molar-refractivity contribution in [3.05, 3.63) is 52.1 Å². The molecule has 2 aromatic rings. The van der Waals surface area contributed by atoms with Gasteiger partial charge in [-0.1, -0.05) is 6.07 Å². The first-order valence-electron chi connectivity index (χ1n) is 5.19. The smallest absolute Gasteiger partial charge is 0.312 e. The number of nitro groups is 1. The number of ether oxygens (including phenoxy) is 1. The third-order valence-corrected chi connectivity index (χ3v) is 2.24. The second-order valence-electron chi connectivity index (χ2n) is 3.55. The molecule has 2 N–H and O–H groups in total. The fraction of sp³-hybridized carbons (Fsp3) is 0. The van der Waals surface area contributed by atoms with E-state index in [-0.39, 0.29) is 28.7 Å². The zero-order valence-corrected chi connectivity index (χ0v) is 9.61. The first kappa shape index (κ1) is 12.3. The van der Waals surface area contributed by atoms with E-state index >= 15 is 0 Å². The molecule has 1 aromatic heterocycles. The maximum absolute atomic E-state index is 10.9. The molecule has 0 fully saturated rings. The van der Waals surface area contributed by atoms with Gasteiger partial charge in [-0.2, -0.15) is 10.2 Å². The molecule has 0 aliphatic heterocycles. The second-order valence-corrected chi connectivity index (χ2v) is 3.55. The third kappa shape index (κ3) is 2.76. The Labute approximate surface area is 108 Å². The molecule has 2 rings (SSSR count). The van der Waals surface area contributed by atoms with Crippen molar-refractivity contribution in [1.82, 2.24) is 4.98 Å².